The van der Waals surface area contributed by atoms with E-state index in [9.17, 15) is 27.1 Å². The number of hydrogen-bond donors (Lipinski definition) is 1. The summed E-state index contributed by atoms with van der Waals surface area (Å²) in [6.07, 6.45) is -2.23. The Balaban J connectivity index is 1.40. The van der Waals surface area contributed by atoms with Crippen molar-refractivity contribution in [1.82, 2.24) is 25.2 Å². The molecular weight excluding hydrogens is 509 g/mol. The monoisotopic (exact) mass is 530 g/mol. The van der Waals surface area contributed by atoms with Crippen LogP contribution in [0.1, 0.15) is 30.4 Å². The normalized spacial score (nSPS) is 24.7. The summed E-state index contributed by atoms with van der Waals surface area (Å²) in [5.74, 6) is -6.13. The molecule has 1 aromatic carbocycles. The molecule has 0 amide bonds. The van der Waals surface area contributed by atoms with Crippen molar-refractivity contribution >= 4 is 5.82 Å². The van der Waals surface area contributed by atoms with Crippen LogP contribution in [0, 0.1) is 17.0 Å². The lowest BCUT2D eigenvalue weighted by molar-refractivity contribution is -0.347. The van der Waals surface area contributed by atoms with Gasteiger partial charge in [-0.25, -0.2) is 27.2 Å². The largest absolute Gasteiger partial charge is 0.405 e. The third kappa shape index (κ3) is 3.92. The van der Waals surface area contributed by atoms with Crippen molar-refractivity contribution in [1.29, 1.82) is 0 Å². The fraction of sp³-hybridized carbons (Fsp3) is 0.478. The molecule has 37 heavy (non-hydrogen) atoms. The smallest absolute Gasteiger partial charge is 0.377 e. The molecule has 3 saturated carbocycles. The molecule has 0 aliphatic heterocycles. The van der Waals surface area contributed by atoms with E-state index in [4.69, 9.17) is 0 Å². The van der Waals surface area contributed by atoms with Gasteiger partial charge in [-0.05, 0) is 58.9 Å². The number of rotatable bonds is 8. The molecule has 1 atom stereocenters. The fourth-order valence-corrected chi connectivity index (χ4v) is 5.81. The van der Waals surface area contributed by atoms with E-state index in [0.29, 0.717) is 11.6 Å². The van der Waals surface area contributed by atoms with E-state index in [2.05, 4.69) is 20.5 Å². The van der Waals surface area contributed by atoms with Crippen LogP contribution in [0.25, 0.3) is 0 Å². The van der Waals surface area contributed by atoms with E-state index in [-0.39, 0.29) is 25.1 Å². The van der Waals surface area contributed by atoms with Gasteiger partial charge in [0.05, 0.1) is 6.54 Å². The predicted octanol–water partition coefficient (Wildman–Crippen LogP) is 3.99. The number of benzene rings is 1. The van der Waals surface area contributed by atoms with Crippen LogP contribution < -0.4 is 4.90 Å². The van der Waals surface area contributed by atoms with Crippen molar-refractivity contribution in [3.8, 4) is 0 Å². The molecule has 14 heteroatoms. The Labute approximate surface area is 205 Å². The molecule has 0 radical (unpaired) electrons. The van der Waals surface area contributed by atoms with Crippen LogP contribution in [-0.2, 0) is 17.6 Å². The Kier molecular flexibility index (Phi) is 5.55. The standard InChI is InChI=1S/C23H21F7N6O/c1-35(12-22(26,27)28)18-5-2-14(7-31-18)19-8-20(9-19,10-19)23(29,30)21(37,11-36-13-32-33-34-36)16-4-3-15(24)6-17(16)25/h2-7,13,37H,8-12H2,1H3. The molecule has 6 rings (SSSR count). The van der Waals surface area contributed by atoms with Gasteiger partial charge in [-0.1, -0.05) is 6.07 Å². The van der Waals surface area contributed by atoms with Gasteiger partial charge < -0.3 is 10.0 Å². The number of halogens is 7. The van der Waals surface area contributed by atoms with Crippen LogP contribution in [0.3, 0.4) is 0 Å². The van der Waals surface area contributed by atoms with Gasteiger partial charge in [-0.2, -0.15) is 13.2 Å². The molecule has 7 nitrogen and oxygen atoms in total. The molecular formula is C23H21F7N6O. The van der Waals surface area contributed by atoms with Crippen LogP contribution >= 0.6 is 0 Å². The first kappa shape index (κ1) is 25.4. The molecule has 198 valence electrons. The zero-order valence-corrected chi connectivity index (χ0v) is 19.4. The Morgan fingerprint density at radius 2 is 1.76 bits per heavy atom. The number of pyridine rings is 1. The molecule has 3 aliphatic carbocycles. The first-order valence-electron chi connectivity index (χ1n) is 11.2. The quantitative estimate of drug-likeness (QED) is 0.444. The van der Waals surface area contributed by atoms with Gasteiger partial charge in [0.15, 0.2) is 5.60 Å². The number of alkyl halides is 5. The minimum Gasteiger partial charge on any atom is -0.377 e. The Hall–Kier alpha value is -3.29. The summed E-state index contributed by atoms with van der Waals surface area (Å²) in [5, 5.41) is 21.6. The number of nitrogens with zero attached hydrogens (tertiary/aromatic N) is 6. The molecule has 1 unspecified atom stereocenters. The van der Waals surface area contributed by atoms with Crippen LogP contribution in [-0.4, -0.2) is 56.0 Å². The third-order valence-corrected chi connectivity index (χ3v) is 7.54. The topological polar surface area (TPSA) is 80.0 Å². The molecule has 2 aromatic heterocycles. The van der Waals surface area contributed by atoms with E-state index < -0.39 is 58.8 Å². The van der Waals surface area contributed by atoms with Crippen LogP contribution in [0.2, 0.25) is 0 Å². The zero-order valence-electron chi connectivity index (χ0n) is 19.4. The number of anilines is 1. The van der Waals surface area contributed by atoms with Crippen LogP contribution in [0.5, 0.6) is 0 Å². The lowest BCUT2D eigenvalue weighted by Gasteiger charge is -2.74. The maximum atomic E-state index is 16.2. The van der Waals surface area contributed by atoms with Crippen molar-refractivity contribution in [2.45, 2.75) is 48.9 Å². The highest BCUT2D eigenvalue weighted by molar-refractivity contribution is 5.46. The zero-order chi connectivity index (χ0) is 26.9. The minimum absolute atomic E-state index is 0.0624. The maximum Gasteiger partial charge on any atom is 0.405 e. The molecule has 2 heterocycles. The second-order valence-electron chi connectivity index (χ2n) is 10.0. The summed E-state index contributed by atoms with van der Waals surface area (Å²) in [6, 6.07) is 4.94. The SMILES string of the molecule is CN(CC(F)(F)F)c1ccc(C23CC(C(F)(F)C(O)(Cn4cnnn4)c4ccc(F)cc4F)(C2)C3)cn1. The van der Waals surface area contributed by atoms with Crippen molar-refractivity contribution in [3.05, 3.63) is 65.6 Å². The van der Waals surface area contributed by atoms with Gasteiger partial charge >= 0.3 is 6.18 Å². The second kappa shape index (κ2) is 8.10. The van der Waals surface area contributed by atoms with Gasteiger partial charge in [0.2, 0.25) is 0 Å². The average molecular weight is 530 g/mol. The molecule has 3 aliphatic rings. The van der Waals surface area contributed by atoms with Crippen molar-refractivity contribution in [2.75, 3.05) is 18.5 Å². The Morgan fingerprint density at radius 1 is 1.05 bits per heavy atom. The lowest BCUT2D eigenvalue weighted by Crippen LogP contribution is -2.76. The molecule has 0 spiro atoms. The van der Waals surface area contributed by atoms with Crippen molar-refractivity contribution in [2.24, 2.45) is 5.41 Å². The predicted molar refractivity (Wildman–Crippen MR) is 115 cm³/mol. The lowest BCUT2D eigenvalue weighted by atomic mass is 9.30. The molecule has 2 bridgehead atoms. The van der Waals surface area contributed by atoms with E-state index in [1.54, 1.807) is 6.07 Å². The Morgan fingerprint density at radius 3 is 2.30 bits per heavy atom. The van der Waals surface area contributed by atoms with Crippen molar-refractivity contribution < 1.29 is 35.8 Å². The molecule has 1 N–H and O–H groups in total. The molecule has 3 fully saturated rings. The van der Waals surface area contributed by atoms with Gasteiger partial charge in [0.1, 0.15) is 30.3 Å². The van der Waals surface area contributed by atoms with E-state index >= 15 is 8.78 Å². The van der Waals surface area contributed by atoms with Gasteiger partial charge in [-0.3, -0.25) is 0 Å². The number of tetrazole rings is 1. The number of aliphatic hydroxyl groups is 1. The minimum atomic E-state index is -4.41. The van der Waals surface area contributed by atoms with Crippen LogP contribution in [0.4, 0.5) is 36.6 Å². The summed E-state index contributed by atoms with van der Waals surface area (Å²) >= 11 is 0. The summed E-state index contributed by atoms with van der Waals surface area (Å²) in [6.45, 7) is -2.08. The molecule has 3 aromatic rings. The molecule has 0 saturated heterocycles. The summed E-state index contributed by atoms with van der Waals surface area (Å²) in [4.78, 5) is 4.99. The van der Waals surface area contributed by atoms with E-state index in [0.717, 1.165) is 28.0 Å². The highest BCUT2D eigenvalue weighted by Crippen LogP contribution is 2.80. The third-order valence-electron chi connectivity index (χ3n) is 7.54. The van der Waals surface area contributed by atoms with Gasteiger partial charge in [-0.15, -0.1) is 5.10 Å². The average Bonchev–Trinajstić information content (AvgIpc) is 3.23. The first-order chi connectivity index (χ1) is 17.2. The maximum absolute atomic E-state index is 16.2. The van der Waals surface area contributed by atoms with E-state index in [1.807, 2.05) is 0 Å². The number of aromatic nitrogens is 5. The Bertz CT molecular complexity index is 1280. The summed E-state index contributed by atoms with van der Waals surface area (Å²) < 4.78 is 99.4. The number of hydrogen-bond acceptors (Lipinski definition) is 6. The summed E-state index contributed by atoms with van der Waals surface area (Å²) in [5.41, 5.74) is -5.68. The van der Waals surface area contributed by atoms with Crippen molar-refractivity contribution in [3.63, 3.8) is 0 Å². The second-order valence-corrected chi connectivity index (χ2v) is 10.0. The highest BCUT2D eigenvalue weighted by Gasteiger charge is 2.82. The fourth-order valence-electron chi connectivity index (χ4n) is 5.81. The van der Waals surface area contributed by atoms with E-state index in [1.165, 1.54) is 19.3 Å². The summed E-state index contributed by atoms with van der Waals surface area (Å²) in [7, 11) is 1.24. The van der Waals surface area contributed by atoms with Gasteiger partial charge in [0, 0.05) is 30.3 Å². The van der Waals surface area contributed by atoms with Gasteiger partial charge in [0.25, 0.3) is 5.92 Å². The highest BCUT2D eigenvalue weighted by atomic mass is 19.4. The first-order valence-corrected chi connectivity index (χ1v) is 11.2. The van der Waals surface area contributed by atoms with Crippen LogP contribution in [0.15, 0.2) is 42.9 Å².